The summed E-state index contributed by atoms with van der Waals surface area (Å²) in [7, 11) is 0. The summed E-state index contributed by atoms with van der Waals surface area (Å²) in [6.07, 6.45) is -4.37. The van der Waals surface area contributed by atoms with E-state index in [0.29, 0.717) is 6.20 Å². The molecule has 0 saturated heterocycles. The molecule has 0 atom stereocenters. The zero-order valence-electron chi connectivity index (χ0n) is 8.32. The van der Waals surface area contributed by atoms with E-state index in [4.69, 9.17) is 0 Å². The molecule has 1 heterocycles. The third-order valence-electron chi connectivity index (χ3n) is 1.81. The van der Waals surface area contributed by atoms with E-state index in [1.54, 1.807) is 0 Å². The molecule has 0 aliphatic carbocycles. The van der Waals surface area contributed by atoms with Crippen LogP contribution in [-0.4, -0.2) is 22.6 Å². The van der Waals surface area contributed by atoms with Crippen molar-refractivity contribution in [3.63, 3.8) is 0 Å². The third kappa shape index (κ3) is 2.89. The maximum absolute atomic E-state index is 12.0. The van der Waals surface area contributed by atoms with Gasteiger partial charge in [0, 0.05) is 0 Å². The minimum atomic E-state index is -5.07. The Labute approximate surface area is 92.2 Å². The molecule has 92 valence electrons. The Morgan fingerprint density at radius 3 is 2.53 bits per heavy atom. The number of ether oxygens (including phenoxy) is 1. The second-order valence-electron chi connectivity index (χ2n) is 2.90. The van der Waals surface area contributed by atoms with Gasteiger partial charge in [0.1, 0.15) is 5.69 Å². The van der Waals surface area contributed by atoms with Gasteiger partial charge in [-0.1, -0.05) is 0 Å². The topological polar surface area (TPSA) is 82.3 Å². The summed E-state index contributed by atoms with van der Waals surface area (Å²) in [6.45, 7) is 1.11. The maximum atomic E-state index is 12.0. The number of aldehydes is 1. The Hall–Kier alpha value is -2.19. The van der Waals surface area contributed by atoms with Crippen LogP contribution in [0.5, 0.6) is 5.75 Å². The number of hydrogen-bond donors (Lipinski definition) is 0. The number of carbonyl (C=O) groups is 1. The molecule has 17 heavy (non-hydrogen) atoms. The van der Waals surface area contributed by atoms with E-state index in [0.717, 1.165) is 6.92 Å². The van der Waals surface area contributed by atoms with Gasteiger partial charge in [-0.3, -0.25) is 14.9 Å². The van der Waals surface area contributed by atoms with Crippen LogP contribution in [0.1, 0.15) is 16.1 Å². The van der Waals surface area contributed by atoms with Crippen molar-refractivity contribution in [2.75, 3.05) is 0 Å². The second kappa shape index (κ2) is 4.36. The average molecular weight is 250 g/mol. The molecule has 0 aliphatic heterocycles. The van der Waals surface area contributed by atoms with Crippen LogP contribution in [0.25, 0.3) is 0 Å². The standard InChI is InChI=1S/C8H5F3N2O4/c1-4-5(3-14)12-2-6(7(4)13(15)16)17-8(9,10)11/h2-3H,1H3. The summed E-state index contributed by atoms with van der Waals surface area (Å²) in [5.74, 6) is -1.05. The Kier molecular flexibility index (Phi) is 3.30. The fourth-order valence-electron chi connectivity index (χ4n) is 1.14. The SMILES string of the molecule is Cc1c(C=O)ncc(OC(F)(F)F)c1[N+](=O)[O-]. The number of nitro groups is 1. The van der Waals surface area contributed by atoms with E-state index < -0.39 is 22.7 Å². The van der Waals surface area contributed by atoms with Gasteiger partial charge in [-0.2, -0.15) is 0 Å². The molecule has 0 saturated carbocycles. The Bertz CT molecular complexity index is 473. The third-order valence-corrected chi connectivity index (χ3v) is 1.81. The number of hydrogen-bond acceptors (Lipinski definition) is 5. The van der Waals surface area contributed by atoms with Crippen LogP contribution in [0.2, 0.25) is 0 Å². The van der Waals surface area contributed by atoms with Gasteiger partial charge in [0.15, 0.2) is 6.29 Å². The van der Waals surface area contributed by atoms with Crippen LogP contribution in [-0.2, 0) is 0 Å². The Balaban J connectivity index is 3.36. The minimum Gasteiger partial charge on any atom is -0.397 e. The number of rotatable bonds is 3. The number of halogens is 3. The lowest BCUT2D eigenvalue weighted by molar-refractivity contribution is -0.389. The molecule has 1 aromatic heterocycles. The average Bonchev–Trinajstić information content (AvgIpc) is 2.14. The smallest absolute Gasteiger partial charge is 0.397 e. The first-order valence-corrected chi connectivity index (χ1v) is 4.11. The van der Waals surface area contributed by atoms with Crippen LogP contribution in [0, 0.1) is 17.0 Å². The van der Waals surface area contributed by atoms with Crippen LogP contribution in [0.3, 0.4) is 0 Å². The first-order valence-electron chi connectivity index (χ1n) is 4.11. The van der Waals surface area contributed by atoms with E-state index in [2.05, 4.69) is 9.72 Å². The summed E-state index contributed by atoms with van der Waals surface area (Å²) in [5.41, 5.74) is -1.53. The van der Waals surface area contributed by atoms with Crippen molar-refractivity contribution in [3.8, 4) is 5.75 Å². The number of aromatic nitrogens is 1. The van der Waals surface area contributed by atoms with E-state index in [1.165, 1.54) is 0 Å². The highest BCUT2D eigenvalue weighted by Gasteiger charge is 2.35. The van der Waals surface area contributed by atoms with Crippen molar-refractivity contribution in [1.82, 2.24) is 4.98 Å². The van der Waals surface area contributed by atoms with Crippen molar-refractivity contribution >= 4 is 12.0 Å². The van der Waals surface area contributed by atoms with Crippen molar-refractivity contribution in [1.29, 1.82) is 0 Å². The molecule has 1 aromatic rings. The molecular formula is C8H5F3N2O4. The van der Waals surface area contributed by atoms with E-state index in [1.807, 2.05) is 0 Å². The van der Waals surface area contributed by atoms with E-state index in [-0.39, 0.29) is 17.5 Å². The van der Waals surface area contributed by atoms with Gasteiger partial charge in [-0.25, -0.2) is 4.98 Å². The lowest BCUT2D eigenvalue weighted by Crippen LogP contribution is -2.18. The fraction of sp³-hybridized carbons (Fsp3) is 0.250. The molecule has 0 radical (unpaired) electrons. The molecule has 9 heteroatoms. The van der Waals surface area contributed by atoms with Crippen LogP contribution < -0.4 is 4.74 Å². The van der Waals surface area contributed by atoms with Gasteiger partial charge in [0.25, 0.3) is 0 Å². The molecule has 0 spiro atoms. The Morgan fingerprint density at radius 2 is 2.12 bits per heavy atom. The monoisotopic (exact) mass is 250 g/mol. The zero-order chi connectivity index (χ0) is 13.2. The summed E-state index contributed by atoms with van der Waals surface area (Å²) in [5, 5.41) is 10.6. The number of nitrogens with zero attached hydrogens (tertiary/aromatic N) is 2. The molecule has 0 amide bonds. The van der Waals surface area contributed by atoms with Gasteiger partial charge in [-0.05, 0) is 6.92 Å². The first kappa shape index (κ1) is 12.9. The van der Waals surface area contributed by atoms with Gasteiger partial charge in [-0.15, -0.1) is 13.2 Å². The van der Waals surface area contributed by atoms with Crippen LogP contribution in [0.4, 0.5) is 18.9 Å². The highest BCUT2D eigenvalue weighted by atomic mass is 19.4. The summed E-state index contributed by atoms with van der Waals surface area (Å²) in [6, 6.07) is 0. The number of pyridine rings is 1. The zero-order valence-corrected chi connectivity index (χ0v) is 8.32. The van der Waals surface area contributed by atoms with E-state index >= 15 is 0 Å². The first-order chi connectivity index (χ1) is 7.76. The van der Waals surface area contributed by atoms with Crippen molar-refractivity contribution in [3.05, 3.63) is 27.6 Å². The Morgan fingerprint density at radius 1 is 1.53 bits per heavy atom. The molecule has 0 N–H and O–H groups in total. The second-order valence-corrected chi connectivity index (χ2v) is 2.90. The molecule has 0 aromatic carbocycles. The normalized spacial score (nSPS) is 11.1. The molecule has 6 nitrogen and oxygen atoms in total. The molecule has 0 unspecified atom stereocenters. The fourth-order valence-corrected chi connectivity index (χ4v) is 1.14. The summed E-state index contributed by atoms with van der Waals surface area (Å²) >= 11 is 0. The highest BCUT2D eigenvalue weighted by molar-refractivity contribution is 5.77. The van der Waals surface area contributed by atoms with Crippen LogP contribution >= 0.6 is 0 Å². The predicted octanol–water partition coefficient (Wildman–Crippen LogP) is 2.01. The highest BCUT2D eigenvalue weighted by Crippen LogP contribution is 2.34. The van der Waals surface area contributed by atoms with Gasteiger partial charge in [0.2, 0.25) is 5.75 Å². The molecular weight excluding hydrogens is 245 g/mol. The van der Waals surface area contributed by atoms with E-state index in [9.17, 15) is 28.1 Å². The quantitative estimate of drug-likeness (QED) is 0.465. The van der Waals surface area contributed by atoms with Gasteiger partial charge >= 0.3 is 12.0 Å². The lowest BCUT2D eigenvalue weighted by Gasteiger charge is -2.10. The molecule has 0 bridgehead atoms. The van der Waals surface area contributed by atoms with Crippen molar-refractivity contribution in [2.24, 2.45) is 0 Å². The molecule has 1 rings (SSSR count). The molecule has 0 fully saturated rings. The van der Waals surface area contributed by atoms with Crippen LogP contribution in [0.15, 0.2) is 6.20 Å². The van der Waals surface area contributed by atoms with Gasteiger partial charge in [0.05, 0.1) is 16.7 Å². The summed E-state index contributed by atoms with van der Waals surface area (Å²) in [4.78, 5) is 23.3. The number of carbonyl (C=O) groups excluding carboxylic acids is 1. The number of alkyl halides is 3. The van der Waals surface area contributed by atoms with Crippen molar-refractivity contribution in [2.45, 2.75) is 13.3 Å². The lowest BCUT2D eigenvalue weighted by atomic mass is 10.2. The molecule has 0 aliphatic rings. The maximum Gasteiger partial charge on any atom is 0.573 e. The largest absolute Gasteiger partial charge is 0.573 e. The van der Waals surface area contributed by atoms with Gasteiger partial charge < -0.3 is 4.74 Å². The predicted molar refractivity (Wildman–Crippen MR) is 47.7 cm³/mol. The summed E-state index contributed by atoms with van der Waals surface area (Å²) < 4.78 is 39.3. The van der Waals surface area contributed by atoms with Crippen molar-refractivity contribution < 1.29 is 27.6 Å². The minimum absolute atomic E-state index is 0.208.